The lowest BCUT2D eigenvalue weighted by Gasteiger charge is -2.23. The van der Waals surface area contributed by atoms with E-state index in [0.29, 0.717) is 30.1 Å². The van der Waals surface area contributed by atoms with E-state index in [9.17, 15) is 13.2 Å². The number of sulfonamides is 1. The molecule has 1 aliphatic heterocycles. The lowest BCUT2D eigenvalue weighted by atomic mass is 10.2. The Bertz CT molecular complexity index is 881. The van der Waals surface area contributed by atoms with Crippen LogP contribution in [0.2, 0.25) is 5.02 Å². The quantitative estimate of drug-likeness (QED) is 0.886. The zero-order valence-corrected chi connectivity index (χ0v) is 15.3. The molecule has 2 aromatic carbocycles. The fourth-order valence-electron chi connectivity index (χ4n) is 2.98. The maximum Gasteiger partial charge on any atom is 0.243 e. The Morgan fingerprint density at radius 3 is 2.60 bits per heavy atom. The van der Waals surface area contributed by atoms with E-state index in [0.717, 1.165) is 5.56 Å². The van der Waals surface area contributed by atoms with E-state index in [1.165, 1.54) is 28.6 Å². The summed E-state index contributed by atoms with van der Waals surface area (Å²) >= 11 is 5.83. The van der Waals surface area contributed by atoms with Crippen LogP contribution in [0.5, 0.6) is 0 Å². The average Bonchev–Trinajstić information content (AvgIpc) is 3.06. The van der Waals surface area contributed by atoms with Gasteiger partial charge >= 0.3 is 0 Å². The molecule has 1 saturated heterocycles. The van der Waals surface area contributed by atoms with Crippen LogP contribution in [0.25, 0.3) is 0 Å². The van der Waals surface area contributed by atoms with Gasteiger partial charge in [0.1, 0.15) is 6.04 Å². The number of nitrogens with zero attached hydrogens (tertiary/aromatic N) is 1. The first-order valence-electron chi connectivity index (χ1n) is 8.03. The Kier molecular flexibility index (Phi) is 5.13. The summed E-state index contributed by atoms with van der Waals surface area (Å²) in [7, 11) is -3.74. The first-order chi connectivity index (χ1) is 11.9. The molecule has 3 rings (SSSR count). The number of amides is 1. The van der Waals surface area contributed by atoms with Crippen LogP contribution >= 0.6 is 11.6 Å². The van der Waals surface area contributed by atoms with Gasteiger partial charge in [-0.2, -0.15) is 4.31 Å². The number of halogens is 1. The van der Waals surface area contributed by atoms with Gasteiger partial charge in [0.05, 0.1) is 4.90 Å². The Morgan fingerprint density at radius 1 is 1.20 bits per heavy atom. The van der Waals surface area contributed by atoms with Gasteiger partial charge in [0.25, 0.3) is 0 Å². The molecule has 5 nitrogen and oxygen atoms in total. The summed E-state index contributed by atoms with van der Waals surface area (Å²) in [6.07, 6.45) is 1.16. The van der Waals surface area contributed by atoms with Crippen molar-refractivity contribution in [2.45, 2.75) is 30.7 Å². The number of carbonyl (C=O) groups is 1. The molecule has 0 saturated carbocycles. The highest BCUT2D eigenvalue weighted by Crippen LogP contribution is 2.27. The molecule has 2 aromatic rings. The monoisotopic (exact) mass is 378 g/mol. The summed E-state index contributed by atoms with van der Waals surface area (Å²) in [5, 5.41) is 3.29. The normalized spacial score (nSPS) is 18.2. The molecule has 1 N–H and O–H groups in total. The lowest BCUT2D eigenvalue weighted by molar-refractivity contribution is -0.119. The summed E-state index contributed by atoms with van der Waals surface area (Å²) in [5.74, 6) is -0.305. The SMILES string of the molecule is Cc1cccc(NC(=O)[C@@H]2CCCN2S(=O)(=O)c2ccc(Cl)cc2)c1. The number of rotatable bonds is 4. The van der Waals surface area contributed by atoms with Crippen LogP contribution in [-0.2, 0) is 14.8 Å². The second kappa shape index (κ2) is 7.15. The fourth-order valence-corrected chi connectivity index (χ4v) is 4.76. The third kappa shape index (κ3) is 3.86. The predicted octanol–water partition coefficient (Wildman–Crippen LogP) is 3.44. The molecule has 0 aromatic heterocycles. The highest BCUT2D eigenvalue weighted by atomic mass is 35.5. The topological polar surface area (TPSA) is 66.5 Å². The fraction of sp³-hybridized carbons (Fsp3) is 0.278. The molecule has 0 bridgehead atoms. The van der Waals surface area contributed by atoms with Gasteiger partial charge in [0.2, 0.25) is 15.9 Å². The van der Waals surface area contributed by atoms with Crippen molar-refractivity contribution in [1.82, 2.24) is 4.31 Å². The summed E-state index contributed by atoms with van der Waals surface area (Å²) in [4.78, 5) is 12.8. The molecule has 1 aliphatic rings. The van der Waals surface area contributed by atoms with E-state index in [2.05, 4.69) is 5.32 Å². The van der Waals surface area contributed by atoms with E-state index in [4.69, 9.17) is 11.6 Å². The Hall–Kier alpha value is -1.89. The van der Waals surface area contributed by atoms with Gasteiger partial charge in [-0.05, 0) is 61.7 Å². The van der Waals surface area contributed by atoms with Gasteiger partial charge in [-0.3, -0.25) is 4.79 Å². The van der Waals surface area contributed by atoms with Crippen molar-refractivity contribution in [1.29, 1.82) is 0 Å². The first-order valence-corrected chi connectivity index (χ1v) is 9.85. The number of nitrogens with one attached hydrogen (secondary N) is 1. The Labute approximate surface area is 152 Å². The van der Waals surface area contributed by atoms with E-state index < -0.39 is 16.1 Å². The minimum Gasteiger partial charge on any atom is -0.325 e. The first kappa shape index (κ1) is 17.9. The molecular weight excluding hydrogens is 360 g/mol. The maximum atomic E-state index is 12.9. The molecule has 7 heteroatoms. The standard InChI is InChI=1S/C18H19ClN2O3S/c1-13-4-2-5-15(12-13)20-18(22)17-6-3-11-21(17)25(23,24)16-9-7-14(19)8-10-16/h2,4-5,7-10,12,17H,3,6,11H2,1H3,(H,20,22)/t17-/m0/s1. The second-order valence-corrected chi connectivity index (χ2v) is 8.41. The largest absolute Gasteiger partial charge is 0.325 e. The Balaban J connectivity index is 1.82. The van der Waals surface area contributed by atoms with Crippen LogP contribution < -0.4 is 5.32 Å². The highest BCUT2D eigenvalue weighted by molar-refractivity contribution is 7.89. The van der Waals surface area contributed by atoms with Crippen molar-refractivity contribution in [3.05, 3.63) is 59.1 Å². The molecular formula is C18H19ClN2O3S. The molecule has 0 radical (unpaired) electrons. The number of hydrogen-bond donors (Lipinski definition) is 1. The van der Waals surface area contributed by atoms with Gasteiger partial charge in [-0.15, -0.1) is 0 Å². The van der Waals surface area contributed by atoms with E-state index >= 15 is 0 Å². The van der Waals surface area contributed by atoms with Gasteiger partial charge in [-0.1, -0.05) is 23.7 Å². The molecule has 1 amide bonds. The number of hydrogen-bond acceptors (Lipinski definition) is 3. The minimum absolute atomic E-state index is 0.146. The van der Waals surface area contributed by atoms with Crippen LogP contribution in [0.4, 0.5) is 5.69 Å². The van der Waals surface area contributed by atoms with Crippen molar-refractivity contribution in [3.8, 4) is 0 Å². The van der Waals surface area contributed by atoms with E-state index in [-0.39, 0.29) is 10.8 Å². The number of benzene rings is 2. The van der Waals surface area contributed by atoms with Crippen LogP contribution in [0.15, 0.2) is 53.4 Å². The highest BCUT2D eigenvalue weighted by Gasteiger charge is 2.39. The number of anilines is 1. The summed E-state index contributed by atoms with van der Waals surface area (Å²) in [5.41, 5.74) is 1.69. The van der Waals surface area contributed by atoms with Crippen LogP contribution in [0, 0.1) is 6.92 Å². The van der Waals surface area contributed by atoms with Crippen molar-refractivity contribution in [3.63, 3.8) is 0 Å². The van der Waals surface area contributed by atoms with Gasteiger partial charge in [-0.25, -0.2) is 8.42 Å². The minimum atomic E-state index is -3.74. The van der Waals surface area contributed by atoms with Crippen molar-refractivity contribution >= 4 is 33.2 Å². The molecule has 1 heterocycles. The molecule has 0 unspecified atom stereocenters. The molecule has 1 fully saturated rings. The average molecular weight is 379 g/mol. The number of carbonyl (C=O) groups excluding carboxylic acids is 1. The maximum absolute atomic E-state index is 12.9. The molecule has 1 atom stereocenters. The third-order valence-electron chi connectivity index (χ3n) is 4.21. The van der Waals surface area contributed by atoms with Crippen LogP contribution in [-0.4, -0.2) is 31.2 Å². The van der Waals surface area contributed by atoms with Crippen LogP contribution in [0.1, 0.15) is 18.4 Å². The lowest BCUT2D eigenvalue weighted by Crippen LogP contribution is -2.43. The second-order valence-electron chi connectivity index (χ2n) is 6.09. The molecule has 25 heavy (non-hydrogen) atoms. The third-order valence-corrected chi connectivity index (χ3v) is 6.39. The van der Waals surface area contributed by atoms with Crippen LogP contribution in [0.3, 0.4) is 0 Å². The smallest absolute Gasteiger partial charge is 0.243 e. The van der Waals surface area contributed by atoms with Gasteiger partial charge in [0, 0.05) is 17.3 Å². The summed E-state index contributed by atoms with van der Waals surface area (Å²) < 4.78 is 27.0. The zero-order chi connectivity index (χ0) is 18.0. The molecule has 132 valence electrons. The zero-order valence-electron chi connectivity index (χ0n) is 13.8. The van der Waals surface area contributed by atoms with Crippen molar-refractivity contribution in [2.75, 3.05) is 11.9 Å². The van der Waals surface area contributed by atoms with Crippen molar-refractivity contribution in [2.24, 2.45) is 0 Å². The summed E-state index contributed by atoms with van der Waals surface area (Å²) in [6, 6.07) is 12.7. The van der Waals surface area contributed by atoms with Gasteiger partial charge in [0.15, 0.2) is 0 Å². The molecule has 0 aliphatic carbocycles. The Morgan fingerprint density at radius 2 is 1.92 bits per heavy atom. The molecule has 0 spiro atoms. The number of aryl methyl sites for hydroxylation is 1. The van der Waals surface area contributed by atoms with E-state index in [1.807, 2.05) is 25.1 Å². The summed E-state index contributed by atoms with van der Waals surface area (Å²) in [6.45, 7) is 2.26. The predicted molar refractivity (Wildman–Crippen MR) is 98.2 cm³/mol. The van der Waals surface area contributed by atoms with Gasteiger partial charge < -0.3 is 5.32 Å². The van der Waals surface area contributed by atoms with Crippen molar-refractivity contribution < 1.29 is 13.2 Å². The van der Waals surface area contributed by atoms with E-state index in [1.54, 1.807) is 6.07 Å².